The maximum Gasteiger partial charge on any atom is 0.110 e. The van der Waals surface area contributed by atoms with E-state index in [1.807, 2.05) is 20.0 Å². The second-order valence-electron chi connectivity index (χ2n) is 8.80. The van der Waals surface area contributed by atoms with E-state index in [2.05, 4.69) is 73.3 Å². The van der Waals surface area contributed by atoms with E-state index in [1.165, 1.54) is 11.3 Å². The number of aromatic nitrogens is 2. The van der Waals surface area contributed by atoms with Gasteiger partial charge in [-0.15, -0.1) is 6.58 Å². The molecule has 4 heteroatoms. The molecule has 1 N–H and O–H groups in total. The summed E-state index contributed by atoms with van der Waals surface area (Å²) in [6.07, 6.45) is 8.93. The predicted octanol–water partition coefficient (Wildman–Crippen LogP) is 5.71. The van der Waals surface area contributed by atoms with Gasteiger partial charge in [0.05, 0.1) is 11.8 Å². The minimum Gasteiger partial charge on any atom is -0.392 e. The van der Waals surface area contributed by atoms with Gasteiger partial charge >= 0.3 is 0 Å². The Morgan fingerprint density at radius 2 is 2.23 bits per heavy atom. The molecule has 0 fully saturated rings. The normalized spacial score (nSPS) is 20.6. The zero-order chi connectivity index (χ0) is 22.6. The average Bonchev–Trinajstić information content (AvgIpc) is 3.11. The van der Waals surface area contributed by atoms with Crippen LogP contribution in [0, 0.1) is 24.2 Å². The van der Waals surface area contributed by atoms with Crippen molar-refractivity contribution in [1.82, 2.24) is 14.9 Å². The van der Waals surface area contributed by atoms with Crippen molar-refractivity contribution in [2.45, 2.75) is 58.3 Å². The average molecular weight is 415 g/mol. The number of fused-ring (bicyclic) bond motifs is 1. The van der Waals surface area contributed by atoms with Crippen LogP contribution in [0.25, 0.3) is 5.69 Å². The summed E-state index contributed by atoms with van der Waals surface area (Å²) in [6, 6.07) is 11.0. The van der Waals surface area contributed by atoms with Crippen LogP contribution in [0.15, 0.2) is 60.8 Å². The minimum absolute atomic E-state index is 0.278. The molecule has 1 aliphatic rings. The molecule has 1 heterocycles. The molecule has 0 saturated heterocycles. The van der Waals surface area contributed by atoms with E-state index < -0.39 is 0 Å². The topological polar surface area (TPSA) is 53.6 Å². The fourth-order valence-electron chi connectivity index (χ4n) is 4.89. The molecule has 1 aromatic heterocycles. The fourth-order valence-corrected chi connectivity index (χ4v) is 4.89. The summed E-state index contributed by atoms with van der Waals surface area (Å²) in [4.78, 5) is 5.07. The standard InChI is InChI=1S/C27H34N4/c1-7-9-23-14-15-25-26(27(23,5)17-19(2)18-28)30-21(4)31(25)24-11-8-10-22(16-24)13-12-20(3)29-6/h7-8,10-11,16-17,23,29H,1,3,9,12-15H2,2,4-6H3/b19-17+. The monoisotopic (exact) mass is 414 g/mol. The van der Waals surface area contributed by atoms with Crippen molar-refractivity contribution < 1.29 is 0 Å². The lowest BCUT2D eigenvalue weighted by Gasteiger charge is -2.38. The van der Waals surface area contributed by atoms with E-state index in [0.717, 1.165) is 60.6 Å². The molecule has 0 radical (unpaired) electrons. The molecule has 1 aliphatic carbocycles. The SMILES string of the molecule is C=CCC1CCc2c(nc(C)n2-c2cccc(CCC(=C)NC)c2)C1(C)/C=C(\C)C#N. The Bertz CT molecular complexity index is 1050. The van der Waals surface area contributed by atoms with Gasteiger partial charge in [-0.1, -0.05) is 37.8 Å². The molecule has 0 spiro atoms. The van der Waals surface area contributed by atoms with Crippen LogP contribution < -0.4 is 5.32 Å². The lowest BCUT2D eigenvalue weighted by Crippen LogP contribution is -2.36. The summed E-state index contributed by atoms with van der Waals surface area (Å²) >= 11 is 0. The first-order valence-corrected chi connectivity index (χ1v) is 11.1. The number of nitriles is 1. The van der Waals surface area contributed by atoms with Gasteiger partial charge in [0.2, 0.25) is 0 Å². The van der Waals surface area contributed by atoms with Crippen LogP contribution in [-0.2, 0) is 18.3 Å². The maximum absolute atomic E-state index is 9.45. The van der Waals surface area contributed by atoms with Crippen molar-refractivity contribution in [3.05, 3.63) is 83.6 Å². The van der Waals surface area contributed by atoms with Crippen molar-refractivity contribution >= 4 is 0 Å². The largest absolute Gasteiger partial charge is 0.392 e. The molecule has 0 bridgehead atoms. The smallest absolute Gasteiger partial charge is 0.110 e. The molecule has 3 rings (SSSR count). The summed E-state index contributed by atoms with van der Waals surface area (Å²) in [7, 11) is 1.92. The summed E-state index contributed by atoms with van der Waals surface area (Å²) in [5.74, 6) is 1.39. The Balaban J connectivity index is 2.07. The number of hydrogen-bond donors (Lipinski definition) is 1. The first kappa shape index (κ1) is 22.6. The van der Waals surface area contributed by atoms with E-state index in [0.29, 0.717) is 5.92 Å². The van der Waals surface area contributed by atoms with Gasteiger partial charge in [-0.05, 0) is 69.6 Å². The number of hydrogen-bond acceptors (Lipinski definition) is 3. The summed E-state index contributed by atoms with van der Waals surface area (Å²) in [5.41, 5.74) is 6.32. The van der Waals surface area contributed by atoms with Gasteiger partial charge < -0.3 is 9.88 Å². The first-order valence-electron chi connectivity index (χ1n) is 11.1. The van der Waals surface area contributed by atoms with Crippen LogP contribution in [-0.4, -0.2) is 16.6 Å². The van der Waals surface area contributed by atoms with Crippen LogP contribution in [0.2, 0.25) is 0 Å². The number of nitrogens with zero attached hydrogens (tertiary/aromatic N) is 3. The highest BCUT2D eigenvalue weighted by atomic mass is 15.1. The Morgan fingerprint density at radius 3 is 2.90 bits per heavy atom. The van der Waals surface area contributed by atoms with Crippen molar-refractivity contribution in [1.29, 1.82) is 5.26 Å². The lowest BCUT2D eigenvalue weighted by atomic mass is 9.66. The summed E-state index contributed by atoms with van der Waals surface area (Å²) in [5, 5.41) is 12.6. The van der Waals surface area contributed by atoms with E-state index in [1.54, 1.807) is 0 Å². The first-order chi connectivity index (χ1) is 14.8. The van der Waals surface area contributed by atoms with Crippen LogP contribution >= 0.6 is 0 Å². The number of allylic oxidation sites excluding steroid dienone is 4. The van der Waals surface area contributed by atoms with Crippen molar-refractivity contribution in [2.75, 3.05) is 7.05 Å². The van der Waals surface area contributed by atoms with Gasteiger partial charge in [-0.3, -0.25) is 0 Å². The van der Waals surface area contributed by atoms with E-state index in [-0.39, 0.29) is 5.41 Å². The number of rotatable bonds is 8. The van der Waals surface area contributed by atoms with E-state index in [4.69, 9.17) is 4.98 Å². The number of benzene rings is 1. The van der Waals surface area contributed by atoms with Crippen molar-refractivity contribution in [3.63, 3.8) is 0 Å². The molecule has 0 aliphatic heterocycles. The Labute approximate surface area is 187 Å². The molecule has 0 saturated carbocycles. The van der Waals surface area contributed by atoms with Crippen molar-refractivity contribution in [3.8, 4) is 11.8 Å². The molecule has 162 valence electrons. The predicted molar refractivity (Wildman–Crippen MR) is 128 cm³/mol. The van der Waals surface area contributed by atoms with Gasteiger partial charge in [0.25, 0.3) is 0 Å². The van der Waals surface area contributed by atoms with Crippen LogP contribution in [0.1, 0.15) is 55.9 Å². The minimum atomic E-state index is -0.278. The van der Waals surface area contributed by atoms with Gasteiger partial charge in [0, 0.05) is 35.1 Å². The molecule has 0 amide bonds. The van der Waals surface area contributed by atoms with E-state index in [9.17, 15) is 5.26 Å². The number of nitrogens with one attached hydrogen (secondary N) is 1. The third kappa shape index (κ3) is 4.51. The maximum atomic E-state index is 9.45. The van der Waals surface area contributed by atoms with E-state index >= 15 is 0 Å². The molecule has 31 heavy (non-hydrogen) atoms. The Hall–Kier alpha value is -3.06. The third-order valence-electron chi connectivity index (χ3n) is 6.61. The molecule has 1 aromatic carbocycles. The highest BCUT2D eigenvalue weighted by Gasteiger charge is 2.42. The zero-order valence-electron chi connectivity index (χ0n) is 19.3. The van der Waals surface area contributed by atoms with Crippen LogP contribution in [0.5, 0.6) is 0 Å². The van der Waals surface area contributed by atoms with Crippen LogP contribution in [0.4, 0.5) is 0 Å². The van der Waals surface area contributed by atoms with Gasteiger partial charge in [-0.2, -0.15) is 5.26 Å². The van der Waals surface area contributed by atoms with Gasteiger partial charge in [0.15, 0.2) is 0 Å². The second-order valence-corrected chi connectivity index (χ2v) is 8.80. The van der Waals surface area contributed by atoms with Crippen molar-refractivity contribution in [2.24, 2.45) is 5.92 Å². The fraction of sp³-hybridized carbons (Fsp3) is 0.407. The molecule has 2 atom stereocenters. The highest BCUT2D eigenvalue weighted by Crippen LogP contribution is 2.45. The molecule has 2 unspecified atom stereocenters. The molecular weight excluding hydrogens is 380 g/mol. The Morgan fingerprint density at radius 1 is 1.45 bits per heavy atom. The molecule has 2 aromatic rings. The quantitative estimate of drug-likeness (QED) is 0.444. The lowest BCUT2D eigenvalue weighted by molar-refractivity contribution is 0.305. The third-order valence-corrected chi connectivity index (χ3v) is 6.61. The number of aryl methyl sites for hydroxylation is 2. The van der Waals surface area contributed by atoms with Crippen LogP contribution in [0.3, 0.4) is 0 Å². The second kappa shape index (κ2) is 9.39. The molecule has 4 nitrogen and oxygen atoms in total. The van der Waals surface area contributed by atoms with Gasteiger partial charge in [0.1, 0.15) is 5.82 Å². The summed E-state index contributed by atoms with van der Waals surface area (Å²) < 4.78 is 2.31. The Kier molecular flexibility index (Phi) is 6.85. The summed E-state index contributed by atoms with van der Waals surface area (Å²) in [6.45, 7) is 14.2. The number of imidazole rings is 1. The van der Waals surface area contributed by atoms with Gasteiger partial charge in [-0.25, -0.2) is 4.98 Å². The highest BCUT2D eigenvalue weighted by molar-refractivity contribution is 5.45. The zero-order valence-corrected chi connectivity index (χ0v) is 19.3. The molecular formula is C27H34N4.